The Morgan fingerprint density at radius 3 is 2.65 bits per heavy atom. The zero-order valence-corrected chi connectivity index (χ0v) is 15.2. The highest BCUT2D eigenvalue weighted by atomic mass is 16.6. The van der Waals surface area contributed by atoms with Crippen molar-refractivity contribution in [2.45, 2.75) is 32.7 Å². The Kier molecular flexibility index (Phi) is 5.88. The van der Waals surface area contributed by atoms with E-state index in [2.05, 4.69) is 20.6 Å². The van der Waals surface area contributed by atoms with E-state index < -0.39 is 0 Å². The van der Waals surface area contributed by atoms with Crippen molar-refractivity contribution in [3.05, 3.63) is 42.1 Å². The van der Waals surface area contributed by atoms with Crippen LogP contribution in [0.2, 0.25) is 0 Å². The van der Waals surface area contributed by atoms with Crippen LogP contribution in [0, 0.1) is 6.92 Å². The average Bonchev–Trinajstić information content (AvgIpc) is 2.63. The van der Waals surface area contributed by atoms with E-state index >= 15 is 0 Å². The van der Waals surface area contributed by atoms with Crippen LogP contribution in [0.3, 0.4) is 0 Å². The van der Waals surface area contributed by atoms with Gasteiger partial charge in [-0.25, -0.2) is 9.78 Å². The predicted octanol–water partition coefficient (Wildman–Crippen LogP) is 3.56. The van der Waals surface area contributed by atoms with E-state index in [0.29, 0.717) is 25.6 Å². The molecular formula is C19H25N5O2. The van der Waals surface area contributed by atoms with Crippen molar-refractivity contribution in [2.75, 3.05) is 30.3 Å². The van der Waals surface area contributed by atoms with Crippen LogP contribution in [0.1, 0.15) is 25.5 Å². The van der Waals surface area contributed by atoms with Crippen LogP contribution in [-0.2, 0) is 4.74 Å². The summed E-state index contributed by atoms with van der Waals surface area (Å²) in [4.78, 5) is 22.6. The van der Waals surface area contributed by atoms with Crippen LogP contribution in [0.5, 0.6) is 0 Å². The molecule has 2 aromatic rings. The number of hydrogen-bond acceptors (Lipinski definition) is 6. The van der Waals surface area contributed by atoms with Crippen molar-refractivity contribution in [3.8, 4) is 0 Å². The first-order valence-electron chi connectivity index (χ1n) is 9.00. The summed E-state index contributed by atoms with van der Waals surface area (Å²) in [6.07, 6.45) is 1.46. The van der Waals surface area contributed by atoms with Gasteiger partial charge >= 0.3 is 6.09 Å². The maximum absolute atomic E-state index is 11.8. The van der Waals surface area contributed by atoms with E-state index in [9.17, 15) is 4.79 Å². The van der Waals surface area contributed by atoms with Crippen LogP contribution in [0.25, 0.3) is 0 Å². The summed E-state index contributed by atoms with van der Waals surface area (Å²) >= 11 is 0. The molecule has 26 heavy (non-hydrogen) atoms. The van der Waals surface area contributed by atoms with Crippen molar-refractivity contribution >= 4 is 23.5 Å². The van der Waals surface area contributed by atoms with Crippen molar-refractivity contribution in [3.63, 3.8) is 0 Å². The van der Waals surface area contributed by atoms with E-state index in [1.807, 2.05) is 50.2 Å². The molecule has 0 saturated carbocycles. The molecule has 7 nitrogen and oxygen atoms in total. The van der Waals surface area contributed by atoms with Crippen LogP contribution in [0.15, 0.2) is 36.4 Å². The Balaban J connectivity index is 1.59. The number of amides is 1. The average molecular weight is 355 g/mol. The summed E-state index contributed by atoms with van der Waals surface area (Å²) in [5.74, 6) is 1.37. The van der Waals surface area contributed by atoms with E-state index in [1.165, 1.54) is 0 Å². The first-order chi connectivity index (χ1) is 12.6. The zero-order chi connectivity index (χ0) is 18.4. The molecule has 1 aliphatic rings. The quantitative estimate of drug-likeness (QED) is 0.854. The molecular weight excluding hydrogens is 330 g/mol. The van der Waals surface area contributed by atoms with Crippen LogP contribution >= 0.6 is 0 Å². The van der Waals surface area contributed by atoms with E-state index in [0.717, 1.165) is 30.0 Å². The summed E-state index contributed by atoms with van der Waals surface area (Å²) in [5.41, 5.74) is 1.88. The molecule has 0 bridgehead atoms. The number of piperidine rings is 1. The molecule has 1 aliphatic heterocycles. The van der Waals surface area contributed by atoms with Gasteiger partial charge in [0.1, 0.15) is 5.82 Å². The van der Waals surface area contributed by atoms with E-state index in [4.69, 9.17) is 4.74 Å². The summed E-state index contributed by atoms with van der Waals surface area (Å²) in [6, 6.07) is 12.1. The Morgan fingerprint density at radius 1 is 1.23 bits per heavy atom. The highest BCUT2D eigenvalue weighted by molar-refractivity contribution is 5.67. The lowest BCUT2D eigenvalue weighted by Crippen LogP contribution is -2.42. The second-order valence-electron chi connectivity index (χ2n) is 6.31. The van der Waals surface area contributed by atoms with E-state index in [1.54, 1.807) is 4.90 Å². The second kappa shape index (κ2) is 8.51. The minimum absolute atomic E-state index is 0.230. The topological polar surface area (TPSA) is 79.4 Å². The van der Waals surface area contributed by atoms with Crippen molar-refractivity contribution in [2.24, 2.45) is 0 Å². The fourth-order valence-electron chi connectivity index (χ4n) is 2.97. The predicted molar refractivity (Wildman–Crippen MR) is 102 cm³/mol. The number of hydrogen-bond donors (Lipinski definition) is 2. The first kappa shape index (κ1) is 18.0. The van der Waals surface area contributed by atoms with Crippen molar-refractivity contribution in [1.29, 1.82) is 0 Å². The van der Waals surface area contributed by atoms with Gasteiger partial charge in [-0.2, -0.15) is 4.98 Å². The molecule has 7 heteroatoms. The monoisotopic (exact) mass is 355 g/mol. The number of nitrogens with zero attached hydrogens (tertiary/aromatic N) is 3. The number of ether oxygens (including phenoxy) is 1. The van der Waals surface area contributed by atoms with Gasteiger partial charge in [-0.3, -0.25) is 0 Å². The highest BCUT2D eigenvalue weighted by Gasteiger charge is 2.24. The Bertz CT molecular complexity index is 730. The molecule has 1 aromatic carbocycles. The third-order valence-corrected chi connectivity index (χ3v) is 4.25. The molecule has 138 valence electrons. The number of nitrogens with one attached hydrogen (secondary N) is 2. The number of aryl methyl sites for hydroxylation is 1. The number of carbonyl (C=O) groups is 1. The van der Waals surface area contributed by atoms with Gasteiger partial charge in [0.15, 0.2) is 0 Å². The SMILES string of the molecule is CCOC(=O)N1CCC(Nc2nc(C)cc(Nc3ccccc3)n2)CC1. The minimum atomic E-state index is -0.230. The fourth-order valence-corrected chi connectivity index (χ4v) is 2.97. The molecule has 0 aliphatic carbocycles. The second-order valence-corrected chi connectivity index (χ2v) is 6.31. The number of rotatable bonds is 5. The standard InChI is InChI=1S/C19H25N5O2/c1-3-26-19(25)24-11-9-16(10-12-24)22-18-20-14(2)13-17(23-18)21-15-7-5-4-6-8-15/h4-8,13,16H,3,9-12H2,1-2H3,(H2,20,21,22,23). The summed E-state index contributed by atoms with van der Waals surface area (Å²) in [5, 5.41) is 6.70. The molecule has 0 spiro atoms. The first-order valence-corrected chi connectivity index (χ1v) is 9.00. The molecule has 1 saturated heterocycles. The highest BCUT2D eigenvalue weighted by Crippen LogP contribution is 2.19. The molecule has 3 rings (SSSR count). The fraction of sp³-hybridized carbons (Fsp3) is 0.421. The Hall–Kier alpha value is -2.83. The minimum Gasteiger partial charge on any atom is -0.450 e. The summed E-state index contributed by atoms with van der Waals surface area (Å²) in [7, 11) is 0. The van der Waals surface area contributed by atoms with Gasteiger partial charge in [-0.15, -0.1) is 0 Å². The number of carbonyl (C=O) groups excluding carboxylic acids is 1. The van der Waals surface area contributed by atoms with Gasteiger partial charge in [0.25, 0.3) is 0 Å². The number of aromatic nitrogens is 2. The largest absolute Gasteiger partial charge is 0.450 e. The van der Waals surface area contributed by atoms with Gasteiger partial charge in [-0.1, -0.05) is 18.2 Å². The van der Waals surface area contributed by atoms with Crippen LogP contribution in [0.4, 0.5) is 22.2 Å². The molecule has 2 N–H and O–H groups in total. The van der Waals surface area contributed by atoms with Gasteiger partial charge in [0.2, 0.25) is 5.95 Å². The number of benzene rings is 1. The maximum Gasteiger partial charge on any atom is 0.409 e. The third-order valence-electron chi connectivity index (χ3n) is 4.25. The smallest absolute Gasteiger partial charge is 0.409 e. The van der Waals surface area contributed by atoms with Gasteiger partial charge < -0.3 is 20.3 Å². The molecule has 0 atom stereocenters. The lowest BCUT2D eigenvalue weighted by atomic mass is 10.1. The molecule has 1 amide bonds. The number of anilines is 3. The lowest BCUT2D eigenvalue weighted by molar-refractivity contribution is 0.0983. The van der Waals surface area contributed by atoms with Gasteiger partial charge in [0, 0.05) is 36.6 Å². The number of para-hydroxylation sites is 1. The third kappa shape index (κ3) is 4.84. The van der Waals surface area contributed by atoms with E-state index in [-0.39, 0.29) is 12.1 Å². The molecule has 1 aromatic heterocycles. The van der Waals surface area contributed by atoms with Gasteiger partial charge in [-0.05, 0) is 38.8 Å². The Labute approximate surface area is 153 Å². The zero-order valence-electron chi connectivity index (χ0n) is 15.2. The van der Waals surface area contributed by atoms with Crippen molar-refractivity contribution in [1.82, 2.24) is 14.9 Å². The molecule has 1 fully saturated rings. The van der Waals surface area contributed by atoms with Crippen molar-refractivity contribution < 1.29 is 9.53 Å². The summed E-state index contributed by atoms with van der Waals surface area (Å²) < 4.78 is 5.06. The molecule has 0 radical (unpaired) electrons. The number of likely N-dealkylation sites (tertiary alicyclic amines) is 1. The molecule has 0 unspecified atom stereocenters. The molecule has 2 heterocycles. The maximum atomic E-state index is 11.8. The summed E-state index contributed by atoms with van der Waals surface area (Å²) in [6.45, 7) is 5.54. The Morgan fingerprint density at radius 2 is 1.96 bits per heavy atom. The van der Waals surface area contributed by atoms with Crippen LogP contribution in [-0.4, -0.2) is 46.7 Å². The van der Waals surface area contributed by atoms with Crippen LogP contribution < -0.4 is 10.6 Å². The normalized spacial score (nSPS) is 14.8. The lowest BCUT2D eigenvalue weighted by Gasteiger charge is -2.31. The van der Waals surface area contributed by atoms with Gasteiger partial charge in [0.05, 0.1) is 6.61 Å².